The van der Waals surface area contributed by atoms with Gasteiger partial charge >= 0.3 is 0 Å². The largest absolute Gasteiger partial charge is 0.465 e. The third kappa shape index (κ3) is 4.66. The van der Waals surface area contributed by atoms with Crippen molar-refractivity contribution in [1.29, 1.82) is 0 Å². The smallest absolute Gasteiger partial charge is 0.266 e. The summed E-state index contributed by atoms with van der Waals surface area (Å²) in [4.78, 5) is 26.4. The molecule has 2 aliphatic heterocycles. The molecule has 0 saturated carbocycles. The van der Waals surface area contributed by atoms with Gasteiger partial charge in [-0.2, -0.15) is 11.8 Å². The summed E-state index contributed by atoms with van der Waals surface area (Å²) in [5, 5.41) is 12.6. The van der Waals surface area contributed by atoms with E-state index in [1.165, 1.54) is 16.7 Å². The molecule has 2 amide bonds. The summed E-state index contributed by atoms with van der Waals surface area (Å²) in [6.07, 6.45) is 3.55. The van der Waals surface area contributed by atoms with E-state index in [9.17, 15) is 14.7 Å². The Morgan fingerprint density at radius 3 is 3.04 bits per heavy atom. The number of furan rings is 1. The first-order chi connectivity index (χ1) is 12.0. The van der Waals surface area contributed by atoms with Crippen molar-refractivity contribution >= 4 is 58.0 Å². The molecule has 6 nitrogen and oxygen atoms in total. The molecule has 25 heavy (non-hydrogen) atoms. The third-order valence-corrected chi connectivity index (χ3v) is 6.42. The lowest BCUT2D eigenvalue weighted by molar-refractivity contribution is -0.124. The van der Waals surface area contributed by atoms with E-state index in [1.807, 2.05) is 0 Å². The molecule has 0 radical (unpaired) electrons. The number of thioether (sulfide) groups is 2. The molecule has 3 heterocycles. The lowest BCUT2D eigenvalue weighted by Crippen LogP contribution is -2.42. The molecule has 2 N–H and O–H groups in total. The molecule has 134 valence electrons. The zero-order valence-corrected chi connectivity index (χ0v) is 15.8. The Hall–Kier alpha value is -1.29. The zero-order chi connectivity index (χ0) is 17.8. The maximum Gasteiger partial charge on any atom is 0.266 e. The molecule has 1 aromatic heterocycles. The topological polar surface area (TPSA) is 82.8 Å². The minimum absolute atomic E-state index is 0.108. The summed E-state index contributed by atoms with van der Waals surface area (Å²) in [6.45, 7) is 0.398. The van der Waals surface area contributed by atoms with E-state index in [1.54, 1.807) is 36.2 Å². The Morgan fingerprint density at radius 1 is 1.52 bits per heavy atom. The van der Waals surface area contributed by atoms with Gasteiger partial charge in [0.05, 0.1) is 23.3 Å². The molecule has 0 bridgehead atoms. The van der Waals surface area contributed by atoms with Crippen LogP contribution in [0.25, 0.3) is 6.08 Å². The summed E-state index contributed by atoms with van der Waals surface area (Å²) in [6, 6.07) is 3.35. The second-order valence-corrected chi connectivity index (χ2v) is 8.48. The fourth-order valence-electron chi connectivity index (χ4n) is 2.55. The molecular formula is C16H18N2O4S3. The van der Waals surface area contributed by atoms with Crippen LogP contribution in [0, 0.1) is 0 Å². The average Bonchev–Trinajstić information content (AvgIpc) is 3.27. The van der Waals surface area contributed by atoms with Crippen LogP contribution in [0.1, 0.15) is 18.6 Å². The minimum atomic E-state index is -0.479. The van der Waals surface area contributed by atoms with E-state index >= 15 is 0 Å². The van der Waals surface area contributed by atoms with Gasteiger partial charge in [0, 0.05) is 30.5 Å². The first-order valence-electron chi connectivity index (χ1n) is 7.88. The number of aliphatic hydroxyl groups excluding tert-OH is 1. The number of nitrogens with one attached hydrogen (secondary N) is 1. The summed E-state index contributed by atoms with van der Waals surface area (Å²) in [5.74, 6) is 1.73. The second-order valence-electron chi connectivity index (χ2n) is 5.73. The fraction of sp³-hybridized carbons (Fsp3) is 0.438. The highest BCUT2D eigenvalue weighted by Gasteiger charge is 2.32. The Morgan fingerprint density at radius 2 is 2.36 bits per heavy atom. The number of nitrogens with zero attached hydrogens (tertiary/aromatic N) is 1. The van der Waals surface area contributed by atoms with Crippen LogP contribution in [-0.4, -0.2) is 56.3 Å². The Bertz CT molecular complexity index is 690. The maximum atomic E-state index is 12.4. The van der Waals surface area contributed by atoms with Gasteiger partial charge in [0.2, 0.25) is 5.91 Å². The number of carbonyl (C=O) groups excluding carboxylic acids is 2. The van der Waals surface area contributed by atoms with Crippen molar-refractivity contribution in [3.8, 4) is 0 Å². The van der Waals surface area contributed by atoms with Crippen LogP contribution in [0.2, 0.25) is 0 Å². The summed E-state index contributed by atoms with van der Waals surface area (Å²) >= 11 is 8.13. The van der Waals surface area contributed by atoms with Gasteiger partial charge in [0.15, 0.2) is 0 Å². The van der Waals surface area contributed by atoms with Gasteiger partial charge in [-0.15, -0.1) is 0 Å². The molecule has 0 aromatic carbocycles. The SMILES string of the molecule is O=C(CCCN1C(=O)/C(=C/c2ccco2)SC1=S)N[C@H]1CSC[C@H]1O. The van der Waals surface area contributed by atoms with Crippen LogP contribution in [0.4, 0.5) is 0 Å². The normalized spacial score (nSPS) is 25.2. The predicted molar refractivity (Wildman–Crippen MR) is 103 cm³/mol. The third-order valence-electron chi connectivity index (χ3n) is 3.87. The lowest BCUT2D eigenvalue weighted by atomic mass is 10.2. The van der Waals surface area contributed by atoms with Crippen LogP contribution >= 0.6 is 35.7 Å². The average molecular weight is 399 g/mol. The van der Waals surface area contributed by atoms with Crippen molar-refractivity contribution < 1.29 is 19.1 Å². The zero-order valence-electron chi connectivity index (χ0n) is 13.3. The van der Waals surface area contributed by atoms with Crippen molar-refractivity contribution in [3.63, 3.8) is 0 Å². The van der Waals surface area contributed by atoms with Gasteiger partial charge < -0.3 is 14.8 Å². The van der Waals surface area contributed by atoms with E-state index in [0.29, 0.717) is 40.1 Å². The molecule has 2 atom stereocenters. The van der Waals surface area contributed by atoms with Gasteiger partial charge in [-0.1, -0.05) is 24.0 Å². The minimum Gasteiger partial charge on any atom is -0.465 e. The summed E-state index contributed by atoms with van der Waals surface area (Å²) in [7, 11) is 0. The van der Waals surface area contributed by atoms with Gasteiger partial charge in [0.1, 0.15) is 10.1 Å². The molecule has 2 aliphatic rings. The summed E-state index contributed by atoms with van der Waals surface area (Å²) in [5.41, 5.74) is 0. The molecular weight excluding hydrogens is 380 g/mol. The van der Waals surface area contributed by atoms with Crippen LogP contribution in [0.5, 0.6) is 0 Å². The molecule has 0 unspecified atom stereocenters. The predicted octanol–water partition coefficient (Wildman–Crippen LogP) is 1.85. The molecule has 1 aromatic rings. The standard InChI is InChI=1S/C16H18N2O4S3/c19-12-9-24-8-11(12)17-14(20)4-1-5-18-15(21)13(25-16(18)23)7-10-3-2-6-22-10/h2-3,6-7,11-12,19H,1,4-5,8-9H2,(H,17,20)/b13-7-/t11-,12+/m0/s1. The van der Waals surface area contributed by atoms with Crippen molar-refractivity contribution in [1.82, 2.24) is 10.2 Å². The first kappa shape index (κ1) is 18.5. The molecule has 2 saturated heterocycles. The molecule has 3 rings (SSSR count). The van der Waals surface area contributed by atoms with Gasteiger partial charge in [-0.05, 0) is 18.6 Å². The van der Waals surface area contributed by atoms with Crippen LogP contribution in [-0.2, 0) is 9.59 Å². The van der Waals surface area contributed by atoms with Gasteiger partial charge in [-0.3, -0.25) is 14.5 Å². The molecule has 2 fully saturated rings. The van der Waals surface area contributed by atoms with Gasteiger partial charge in [-0.25, -0.2) is 0 Å². The summed E-state index contributed by atoms with van der Waals surface area (Å²) < 4.78 is 5.71. The second kappa shape index (κ2) is 8.39. The maximum absolute atomic E-state index is 12.4. The lowest BCUT2D eigenvalue weighted by Gasteiger charge is -2.17. The first-order valence-corrected chi connectivity index (χ1v) is 10.3. The number of hydrogen-bond acceptors (Lipinski definition) is 7. The Kier molecular flexibility index (Phi) is 6.21. The Labute approximate surface area is 159 Å². The highest BCUT2D eigenvalue weighted by molar-refractivity contribution is 8.26. The Balaban J connectivity index is 1.47. The number of amides is 2. The van der Waals surface area contributed by atoms with E-state index in [4.69, 9.17) is 16.6 Å². The van der Waals surface area contributed by atoms with E-state index in [2.05, 4.69) is 5.32 Å². The number of carbonyl (C=O) groups is 2. The van der Waals surface area contributed by atoms with Crippen molar-refractivity contribution in [3.05, 3.63) is 29.1 Å². The van der Waals surface area contributed by atoms with E-state index in [-0.39, 0.29) is 17.9 Å². The van der Waals surface area contributed by atoms with Crippen LogP contribution in [0.15, 0.2) is 27.7 Å². The molecule has 9 heteroatoms. The number of rotatable bonds is 6. The fourth-order valence-corrected chi connectivity index (χ4v) is 5.01. The van der Waals surface area contributed by atoms with E-state index in [0.717, 1.165) is 5.75 Å². The number of hydrogen-bond donors (Lipinski definition) is 2. The number of thiocarbonyl (C=S) groups is 1. The molecule has 0 aliphatic carbocycles. The highest BCUT2D eigenvalue weighted by atomic mass is 32.2. The van der Waals surface area contributed by atoms with Gasteiger partial charge in [0.25, 0.3) is 5.91 Å². The van der Waals surface area contributed by atoms with Crippen LogP contribution in [0.3, 0.4) is 0 Å². The van der Waals surface area contributed by atoms with E-state index < -0.39 is 6.10 Å². The van der Waals surface area contributed by atoms with Crippen molar-refractivity contribution in [2.24, 2.45) is 0 Å². The van der Waals surface area contributed by atoms with Crippen molar-refractivity contribution in [2.45, 2.75) is 25.0 Å². The van der Waals surface area contributed by atoms with Crippen LogP contribution < -0.4 is 5.32 Å². The van der Waals surface area contributed by atoms with Crippen molar-refractivity contribution in [2.75, 3.05) is 18.1 Å². The quantitative estimate of drug-likeness (QED) is 0.559. The number of aliphatic hydroxyl groups is 1. The molecule has 0 spiro atoms. The highest BCUT2D eigenvalue weighted by Crippen LogP contribution is 2.32. The monoisotopic (exact) mass is 398 g/mol.